The minimum atomic E-state index is 0.725. The molecule has 0 bridgehead atoms. The first-order valence-corrected chi connectivity index (χ1v) is 8.54. The molecule has 1 saturated heterocycles. The van der Waals surface area contributed by atoms with Crippen LogP contribution in [0, 0.1) is 0 Å². The van der Waals surface area contributed by atoms with Crippen LogP contribution < -0.4 is 14.4 Å². The molecule has 5 nitrogen and oxygen atoms in total. The smallest absolute Gasteiger partial charge is 0.161 e. The van der Waals surface area contributed by atoms with E-state index in [9.17, 15) is 0 Å². The third-order valence-corrected chi connectivity index (χ3v) is 4.47. The number of anilines is 1. The molecule has 1 aliphatic rings. The molecule has 0 saturated carbocycles. The van der Waals surface area contributed by atoms with Crippen molar-refractivity contribution in [3.8, 4) is 11.5 Å². The van der Waals surface area contributed by atoms with Gasteiger partial charge in [0, 0.05) is 24.3 Å². The van der Waals surface area contributed by atoms with Gasteiger partial charge in [-0.2, -0.15) is 5.10 Å². The third kappa shape index (κ3) is 4.05. The second-order valence-electron chi connectivity index (χ2n) is 6.03. The summed E-state index contributed by atoms with van der Waals surface area (Å²) in [7, 11) is 3.29. The molecular weight excluding hydrogens is 314 g/mol. The summed E-state index contributed by atoms with van der Waals surface area (Å²) in [4.78, 5) is 2.40. The Kier molecular flexibility index (Phi) is 5.43. The van der Waals surface area contributed by atoms with Gasteiger partial charge in [-0.25, -0.2) is 0 Å². The van der Waals surface area contributed by atoms with Crippen molar-refractivity contribution in [3.63, 3.8) is 0 Å². The zero-order chi connectivity index (χ0) is 17.6. The zero-order valence-electron chi connectivity index (χ0n) is 15.1. The molecule has 1 fully saturated rings. The Morgan fingerprint density at radius 3 is 2.20 bits per heavy atom. The number of piperazine rings is 1. The molecule has 132 valence electrons. The van der Waals surface area contributed by atoms with E-state index in [2.05, 4.69) is 40.2 Å². The van der Waals surface area contributed by atoms with E-state index >= 15 is 0 Å². The second kappa shape index (κ2) is 7.92. The van der Waals surface area contributed by atoms with E-state index < -0.39 is 0 Å². The van der Waals surface area contributed by atoms with Crippen LogP contribution in [0.15, 0.2) is 53.6 Å². The van der Waals surface area contributed by atoms with Gasteiger partial charge in [0.25, 0.3) is 0 Å². The molecule has 0 N–H and O–H groups in total. The quantitative estimate of drug-likeness (QED) is 0.784. The molecule has 0 amide bonds. The number of benzene rings is 2. The molecule has 25 heavy (non-hydrogen) atoms. The van der Waals surface area contributed by atoms with Gasteiger partial charge < -0.3 is 14.4 Å². The highest BCUT2D eigenvalue weighted by Crippen LogP contribution is 2.28. The molecule has 1 heterocycles. The summed E-state index contributed by atoms with van der Waals surface area (Å²) in [5.41, 5.74) is 3.31. The van der Waals surface area contributed by atoms with Gasteiger partial charge >= 0.3 is 0 Å². The van der Waals surface area contributed by atoms with Crippen molar-refractivity contribution in [3.05, 3.63) is 54.1 Å². The fraction of sp³-hybridized carbons (Fsp3) is 0.350. The van der Waals surface area contributed by atoms with Gasteiger partial charge in [0.15, 0.2) is 11.5 Å². The van der Waals surface area contributed by atoms with Crippen molar-refractivity contribution in [2.45, 2.75) is 6.92 Å². The number of rotatable bonds is 5. The minimum Gasteiger partial charge on any atom is -0.493 e. The maximum atomic E-state index is 5.38. The van der Waals surface area contributed by atoms with E-state index in [-0.39, 0.29) is 0 Å². The highest BCUT2D eigenvalue weighted by atomic mass is 16.5. The monoisotopic (exact) mass is 339 g/mol. The Bertz CT molecular complexity index is 723. The van der Waals surface area contributed by atoms with Gasteiger partial charge in [-0.05, 0) is 37.3 Å². The van der Waals surface area contributed by atoms with E-state index in [0.29, 0.717) is 0 Å². The molecule has 0 radical (unpaired) electrons. The van der Waals surface area contributed by atoms with Crippen molar-refractivity contribution < 1.29 is 9.47 Å². The van der Waals surface area contributed by atoms with Crippen LogP contribution in [0.4, 0.5) is 5.69 Å². The van der Waals surface area contributed by atoms with Crippen LogP contribution in [0.5, 0.6) is 11.5 Å². The maximum absolute atomic E-state index is 5.38. The summed E-state index contributed by atoms with van der Waals surface area (Å²) in [5, 5.41) is 6.94. The Morgan fingerprint density at radius 2 is 1.56 bits per heavy atom. The topological polar surface area (TPSA) is 37.3 Å². The van der Waals surface area contributed by atoms with Crippen LogP contribution in [-0.4, -0.2) is 51.1 Å². The van der Waals surface area contributed by atoms with Gasteiger partial charge in [0.1, 0.15) is 0 Å². The predicted octanol–water partition coefficient (Wildman–Crippen LogP) is 3.25. The summed E-state index contributed by atoms with van der Waals surface area (Å²) in [6.45, 7) is 5.82. The summed E-state index contributed by atoms with van der Waals surface area (Å²) in [5.74, 6) is 1.46. The molecule has 0 spiro atoms. The first-order chi connectivity index (χ1) is 12.2. The standard InChI is InChI=1S/C20H25N3O2/c1-16(17-9-10-19(24-2)20(15-17)25-3)21-23-13-11-22(12-14-23)18-7-5-4-6-8-18/h4-10,15H,11-14H2,1-3H3. The summed E-state index contributed by atoms with van der Waals surface area (Å²) < 4.78 is 10.7. The zero-order valence-corrected chi connectivity index (χ0v) is 15.1. The van der Waals surface area contributed by atoms with Gasteiger partial charge in [0.05, 0.1) is 33.0 Å². The van der Waals surface area contributed by atoms with E-state index in [1.165, 1.54) is 5.69 Å². The van der Waals surface area contributed by atoms with Crippen molar-refractivity contribution in [2.24, 2.45) is 5.10 Å². The summed E-state index contributed by atoms with van der Waals surface area (Å²) >= 11 is 0. The van der Waals surface area contributed by atoms with Crippen LogP contribution in [-0.2, 0) is 0 Å². The Balaban J connectivity index is 1.66. The Morgan fingerprint density at radius 1 is 0.880 bits per heavy atom. The number of ether oxygens (including phenoxy) is 2. The number of hydrazone groups is 1. The van der Waals surface area contributed by atoms with Gasteiger partial charge in [-0.3, -0.25) is 5.01 Å². The molecule has 0 unspecified atom stereocenters. The van der Waals surface area contributed by atoms with Crippen molar-refractivity contribution in [2.75, 3.05) is 45.3 Å². The maximum Gasteiger partial charge on any atom is 0.161 e. The van der Waals surface area contributed by atoms with Crippen molar-refractivity contribution in [1.29, 1.82) is 0 Å². The first kappa shape index (κ1) is 17.1. The average molecular weight is 339 g/mol. The molecule has 2 aromatic rings. The fourth-order valence-electron chi connectivity index (χ4n) is 3.02. The van der Waals surface area contributed by atoms with E-state index in [1.807, 2.05) is 25.1 Å². The second-order valence-corrected chi connectivity index (χ2v) is 6.03. The summed E-state index contributed by atoms with van der Waals surface area (Å²) in [6.07, 6.45) is 0. The highest BCUT2D eigenvalue weighted by molar-refractivity contribution is 5.99. The number of methoxy groups -OCH3 is 2. The molecule has 1 aliphatic heterocycles. The van der Waals surface area contributed by atoms with Gasteiger partial charge in [-0.15, -0.1) is 0 Å². The van der Waals surface area contributed by atoms with Gasteiger partial charge in [-0.1, -0.05) is 18.2 Å². The summed E-state index contributed by atoms with van der Waals surface area (Å²) in [6, 6.07) is 16.4. The lowest BCUT2D eigenvalue weighted by Crippen LogP contribution is -2.44. The van der Waals surface area contributed by atoms with Crippen LogP contribution in [0.1, 0.15) is 12.5 Å². The molecule has 0 aliphatic carbocycles. The molecule has 2 aromatic carbocycles. The fourth-order valence-corrected chi connectivity index (χ4v) is 3.02. The van der Waals surface area contributed by atoms with Crippen LogP contribution in [0.25, 0.3) is 0 Å². The van der Waals surface area contributed by atoms with Crippen LogP contribution in [0.2, 0.25) is 0 Å². The van der Waals surface area contributed by atoms with Crippen LogP contribution in [0.3, 0.4) is 0 Å². The van der Waals surface area contributed by atoms with Crippen LogP contribution >= 0.6 is 0 Å². The van der Waals surface area contributed by atoms with E-state index in [4.69, 9.17) is 14.6 Å². The number of nitrogens with zero attached hydrogens (tertiary/aromatic N) is 3. The molecule has 0 aromatic heterocycles. The number of hydrogen-bond acceptors (Lipinski definition) is 5. The SMILES string of the molecule is COc1ccc(C(C)=NN2CCN(c3ccccc3)CC2)cc1OC. The number of para-hydroxylation sites is 1. The molecular formula is C20H25N3O2. The van der Waals surface area contributed by atoms with E-state index in [1.54, 1.807) is 14.2 Å². The van der Waals surface area contributed by atoms with Crippen molar-refractivity contribution >= 4 is 11.4 Å². The molecule has 3 rings (SSSR count). The molecule has 5 heteroatoms. The lowest BCUT2D eigenvalue weighted by Gasteiger charge is -2.35. The lowest BCUT2D eigenvalue weighted by atomic mass is 10.1. The van der Waals surface area contributed by atoms with Crippen molar-refractivity contribution in [1.82, 2.24) is 5.01 Å². The highest BCUT2D eigenvalue weighted by Gasteiger charge is 2.16. The Labute approximate surface area is 149 Å². The third-order valence-electron chi connectivity index (χ3n) is 4.47. The lowest BCUT2D eigenvalue weighted by molar-refractivity contribution is 0.270. The van der Waals surface area contributed by atoms with Gasteiger partial charge in [0.2, 0.25) is 0 Å². The predicted molar refractivity (Wildman–Crippen MR) is 102 cm³/mol. The number of hydrogen-bond donors (Lipinski definition) is 0. The average Bonchev–Trinajstić information content (AvgIpc) is 2.68. The molecule has 0 atom stereocenters. The normalized spacial score (nSPS) is 15.2. The minimum absolute atomic E-state index is 0.725. The Hall–Kier alpha value is -2.69. The van der Waals surface area contributed by atoms with E-state index in [0.717, 1.165) is 49.0 Å². The largest absolute Gasteiger partial charge is 0.493 e. The first-order valence-electron chi connectivity index (χ1n) is 8.54.